The van der Waals surface area contributed by atoms with Crippen molar-refractivity contribution in [1.82, 2.24) is 15.5 Å². The van der Waals surface area contributed by atoms with Gasteiger partial charge in [-0.25, -0.2) is 12.8 Å². The van der Waals surface area contributed by atoms with Crippen LogP contribution in [0.1, 0.15) is 12.8 Å². The van der Waals surface area contributed by atoms with Crippen LogP contribution in [0.2, 0.25) is 0 Å². The summed E-state index contributed by atoms with van der Waals surface area (Å²) >= 11 is 0. The van der Waals surface area contributed by atoms with Crippen LogP contribution in [0.15, 0.2) is 53.1 Å². The summed E-state index contributed by atoms with van der Waals surface area (Å²) in [6.07, 6.45) is 0.905. The van der Waals surface area contributed by atoms with E-state index in [4.69, 9.17) is 9.26 Å². The number of halogens is 1. The van der Waals surface area contributed by atoms with Crippen LogP contribution >= 0.6 is 0 Å². The van der Waals surface area contributed by atoms with Gasteiger partial charge >= 0.3 is 0 Å². The van der Waals surface area contributed by atoms with E-state index in [1.165, 1.54) is 25.1 Å². The van der Waals surface area contributed by atoms with Crippen LogP contribution in [-0.2, 0) is 21.4 Å². The van der Waals surface area contributed by atoms with E-state index in [0.29, 0.717) is 17.1 Å². The first-order valence-electron chi connectivity index (χ1n) is 9.19. The average molecular weight is 448 g/mol. The number of hydrogen-bond acceptors (Lipinski definition) is 7. The molecule has 0 aliphatic carbocycles. The molecule has 31 heavy (non-hydrogen) atoms. The number of nitrogens with one attached hydrogen (secondary N) is 1. The summed E-state index contributed by atoms with van der Waals surface area (Å²) in [5.41, 5.74) is 0.477. The second-order valence-corrected chi connectivity index (χ2v) is 8.50. The number of nitrogens with zero attached hydrogens (tertiary/aromatic N) is 3. The van der Waals surface area contributed by atoms with E-state index in [-0.39, 0.29) is 18.1 Å². The van der Waals surface area contributed by atoms with Crippen molar-refractivity contribution in [3.63, 3.8) is 0 Å². The van der Waals surface area contributed by atoms with E-state index >= 15 is 0 Å². The summed E-state index contributed by atoms with van der Waals surface area (Å²) in [6, 6.07) is 11.1. The molecule has 0 saturated carbocycles. The molecule has 0 bridgehead atoms. The average Bonchev–Trinajstić information content (AvgIpc) is 3.21. The zero-order chi connectivity index (χ0) is 22.6. The number of ether oxygens (including phenoxy) is 1. The second kappa shape index (κ2) is 9.13. The first-order valence-corrected chi connectivity index (χ1v) is 11.0. The molecule has 1 amide bonds. The zero-order valence-corrected chi connectivity index (χ0v) is 17.9. The van der Waals surface area contributed by atoms with Crippen LogP contribution < -0.4 is 14.4 Å². The third kappa shape index (κ3) is 5.18. The Balaban J connectivity index is 1.71. The minimum absolute atomic E-state index is 0.124. The molecule has 0 unspecified atom stereocenters. The van der Waals surface area contributed by atoms with Gasteiger partial charge < -0.3 is 14.6 Å². The van der Waals surface area contributed by atoms with Crippen LogP contribution in [0, 0.1) is 5.82 Å². The Kier molecular flexibility index (Phi) is 6.54. The Morgan fingerprint density at radius 1 is 1.23 bits per heavy atom. The highest BCUT2D eigenvalue weighted by molar-refractivity contribution is 7.92. The van der Waals surface area contributed by atoms with Gasteiger partial charge in [0.15, 0.2) is 0 Å². The predicted octanol–water partition coefficient (Wildman–Crippen LogP) is 2.36. The molecule has 0 aliphatic rings. The van der Waals surface area contributed by atoms with Gasteiger partial charge in [-0.1, -0.05) is 17.3 Å². The van der Waals surface area contributed by atoms with Crippen LogP contribution in [0.3, 0.4) is 0 Å². The maximum absolute atomic E-state index is 14.2. The third-order valence-electron chi connectivity index (χ3n) is 4.41. The Hall–Kier alpha value is -3.47. The van der Waals surface area contributed by atoms with Gasteiger partial charge in [-0.05, 0) is 43.3 Å². The number of para-hydroxylation sites is 1. The molecule has 9 nitrogen and oxygen atoms in total. The molecular formula is C20H21FN4O5S. The van der Waals surface area contributed by atoms with Crippen LogP contribution in [0.25, 0.3) is 11.4 Å². The molecule has 164 valence electrons. The van der Waals surface area contributed by atoms with Gasteiger partial charge in [0.25, 0.3) is 0 Å². The van der Waals surface area contributed by atoms with Gasteiger partial charge in [0, 0.05) is 5.56 Å². The number of rotatable bonds is 8. The third-order valence-corrected chi connectivity index (χ3v) is 5.64. The number of benzene rings is 2. The highest BCUT2D eigenvalue weighted by Gasteiger charge is 2.31. The minimum Gasteiger partial charge on any atom is -0.497 e. The van der Waals surface area contributed by atoms with Gasteiger partial charge in [0.2, 0.25) is 27.6 Å². The Labute approximate surface area is 178 Å². The number of hydrogen-bond donors (Lipinski definition) is 1. The standard InChI is InChI=1S/C20H21FN4O5S/c1-13(25(31(3,27)28)17-7-5-4-6-16(17)21)20(26)22-12-18-23-19(24-30-18)14-8-10-15(29-2)11-9-14/h4-11,13H,12H2,1-3H3,(H,22,26)/t13-/m0/s1. The van der Waals surface area contributed by atoms with Gasteiger partial charge in [-0.15, -0.1) is 0 Å². The molecule has 1 atom stereocenters. The fraction of sp³-hybridized carbons (Fsp3) is 0.250. The summed E-state index contributed by atoms with van der Waals surface area (Å²) in [5, 5.41) is 6.40. The molecule has 3 rings (SSSR count). The normalized spacial score (nSPS) is 12.3. The molecule has 1 aromatic heterocycles. The van der Waals surface area contributed by atoms with Gasteiger partial charge in [0.05, 0.1) is 25.6 Å². The molecule has 0 radical (unpaired) electrons. The van der Waals surface area contributed by atoms with Crippen LogP contribution in [0.5, 0.6) is 5.75 Å². The topological polar surface area (TPSA) is 115 Å². The van der Waals surface area contributed by atoms with E-state index in [2.05, 4.69) is 15.5 Å². The van der Waals surface area contributed by atoms with Crippen molar-refractivity contribution >= 4 is 21.6 Å². The lowest BCUT2D eigenvalue weighted by molar-refractivity contribution is -0.122. The monoisotopic (exact) mass is 448 g/mol. The van der Waals surface area contributed by atoms with E-state index in [9.17, 15) is 17.6 Å². The number of anilines is 1. The predicted molar refractivity (Wildman–Crippen MR) is 111 cm³/mol. The van der Waals surface area contributed by atoms with Crippen molar-refractivity contribution in [2.45, 2.75) is 19.5 Å². The summed E-state index contributed by atoms with van der Waals surface area (Å²) in [5.74, 6) is -0.280. The lowest BCUT2D eigenvalue weighted by Crippen LogP contribution is -2.48. The number of amides is 1. The van der Waals surface area contributed by atoms with Crippen molar-refractivity contribution in [3.05, 3.63) is 60.2 Å². The zero-order valence-electron chi connectivity index (χ0n) is 17.1. The number of sulfonamides is 1. The summed E-state index contributed by atoms with van der Waals surface area (Å²) in [7, 11) is -2.38. The quantitative estimate of drug-likeness (QED) is 0.563. The van der Waals surface area contributed by atoms with E-state index < -0.39 is 27.8 Å². The van der Waals surface area contributed by atoms with Crippen molar-refractivity contribution in [2.24, 2.45) is 0 Å². The Bertz CT molecular complexity index is 1160. The van der Waals surface area contributed by atoms with Gasteiger partial charge in [-0.3, -0.25) is 9.10 Å². The molecule has 0 saturated heterocycles. The maximum Gasteiger partial charge on any atom is 0.246 e. The number of aromatic nitrogens is 2. The lowest BCUT2D eigenvalue weighted by atomic mass is 10.2. The van der Waals surface area contributed by atoms with E-state index in [1.54, 1.807) is 31.4 Å². The first-order chi connectivity index (χ1) is 14.7. The van der Waals surface area contributed by atoms with Gasteiger partial charge in [-0.2, -0.15) is 4.98 Å². The molecule has 0 fully saturated rings. The minimum atomic E-state index is -3.93. The lowest BCUT2D eigenvalue weighted by Gasteiger charge is -2.28. The van der Waals surface area contributed by atoms with Crippen molar-refractivity contribution in [3.8, 4) is 17.1 Å². The molecular weight excluding hydrogens is 427 g/mol. The molecule has 0 aliphatic heterocycles. The smallest absolute Gasteiger partial charge is 0.246 e. The summed E-state index contributed by atoms with van der Waals surface area (Å²) < 4.78 is 49.6. The van der Waals surface area contributed by atoms with Crippen molar-refractivity contribution < 1.29 is 26.9 Å². The number of methoxy groups -OCH3 is 1. The second-order valence-electron chi connectivity index (χ2n) is 6.64. The number of carbonyl (C=O) groups is 1. The molecule has 1 heterocycles. The number of carbonyl (C=O) groups excluding carboxylic acids is 1. The summed E-state index contributed by atoms with van der Waals surface area (Å²) in [6.45, 7) is 1.24. The Morgan fingerprint density at radius 2 is 1.90 bits per heavy atom. The summed E-state index contributed by atoms with van der Waals surface area (Å²) in [4.78, 5) is 16.8. The van der Waals surface area contributed by atoms with Crippen molar-refractivity contribution in [1.29, 1.82) is 0 Å². The highest BCUT2D eigenvalue weighted by atomic mass is 32.2. The van der Waals surface area contributed by atoms with Gasteiger partial charge in [0.1, 0.15) is 17.6 Å². The largest absolute Gasteiger partial charge is 0.497 e. The molecule has 2 aromatic carbocycles. The molecule has 11 heteroatoms. The molecule has 0 spiro atoms. The fourth-order valence-corrected chi connectivity index (χ4v) is 4.08. The van der Waals surface area contributed by atoms with Crippen molar-refractivity contribution in [2.75, 3.05) is 17.7 Å². The van der Waals surface area contributed by atoms with Crippen LogP contribution in [-0.4, -0.2) is 43.9 Å². The first kappa shape index (κ1) is 22.2. The van der Waals surface area contributed by atoms with E-state index in [0.717, 1.165) is 16.6 Å². The molecule has 3 aromatic rings. The fourth-order valence-electron chi connectivity index (χ4n) is 2.91. The SMILES string of the molecule is COc1ccc(-c2noc(CNC(=O)[C@H](C)N(c3ccccc3F)S(C)(=O)=O)n2)cc1. The maximum atomic E-state index is 14.2. The Morgan fingerprint density at radius 3 is 2.52 bits per heavy atom. The molecule has 1 N–H and O–H groups in total. The van der Waals surface area contributed by atoms with Crippen LogP contribution in [0.4, 0.5) is 10.1 Å². The highest BCUT2D eigenvalue weighted by Crippen LogP contribution is 2.24. The van der Waals surface area contributed by atoms with E-state index in [1.807, 2.05) is 0 Å².